The highest BCUT2D eigenvalue weighted by Gasteiger charge is 2.29. The summed E-state index contributed by atoms with van der Waals surface area (Å²) in [5.74, 6) is 0.590. The normalized spacial score (nSPS) is 11.5. The fourth-order valence-electron chi connectivity index (χ4n) is 1.42. The standard InChI is InChI=1S/C11H19N3O2/c1-4-11(12,5-2)10(15)13-7-9-6-8(3)16-14-9/h6H,4-5,7,12H2,1-3H3,(H,13,15). The van der Waals surface area contributed by atoms with E-state index in [4.69, 9.17) is 10.3 Å². The fourth-order valence-corrected chi connectivity index (χ4v) is 1.42. The Balaban J connectivity index is 2.52. The van der Waals surface area contributed by atoms with Crippen LogP contribution >= 0.6 is 0 Å². The van der Waals surface area contributed by atoms with Gasteiger partial charge in [-0.15, -0.1) is 0 Å². The lowest BCUT2D eigenvalue weighted by molar-refractivity contribution is -0.126. The van der Waals surface area contributed by atoms with Crippen LogP contribution in [-0.2, 0) is 11.3 Å². The number of amides is 1. The van der Waals surface area contributed by atoms with Gasteiger partial charge in [-0.1, -0.05) is 19.0 Å². The van der Waals surface area contributed by atoms with Gasteiger partial charge in [0.25, 0.3) is 0 Å². The van der Waals surface area contributed by atoms with E-state index >= 15 is 0 Å². The zero-order valence-corrected chi connectivity index (χ0v) is 10.0. The molecule has 0 spiro atoms. The summed E-state index contributed by atoms with van der Waals surface area (Å²) in [6, 6.07) is 1.79. The monoisotopic (exact) mass is 225 g/mol. The third kappa shape index (κ3) is 2.82. The number of hydrogen-bond donors (Lipinski definition) is 2. The third-order valence-electron chi connectivity index (χ3n) is 2.82. The lowest BCUT2D eigenvalue weighted by Crippen LogP contribution is -2.52. The van der Waals surface area contributed by atoms with Crippen molar-refractivity contribution in [3.05, 3.63) is 17.5 Å². The maximum absolute atomic E-state index is 11.8. The summed E-state index contributed by atoms with van der Waals surface area (Å²) in [6.45, 7) is 5.98. The Morgan fingerprint density at radius 3 is 2.62 bits per heavy atom. The quantitative estimate of drug-likeness (QED) is 0.786. The van der Waals surface area contributed by atoms with Crippen molar-refractivity contribution in [3.8, 4) is 0 Å². The van der Waals surface area contributed by atoms with Crippen LogP contribution in [0.5, 0.6) is 0 Å². The molecule has 1 aromatic rings. The minimum Gasteiger partial charge on any atom is -0.361 e. The van der Waals surface area contributed by atoms with Crippen LogP contribution in [0.1, 0.15) is 38.1 Å². The van der Waals surface area contributed by atoms with Crippen LogP contribution in [0.15, 0.2) is 10.6 Å². The molecule has 0 aliphatic rings. The van der Waals surface area contributed by atoms with Crippen molar-refractivity contribution in [1.82, 2.24) is 10.5 Å². The summed E-state index contributed by atoms with van der Waals surface area (Å²) in [5.41, 5.74) is 5.88. The summed E-state index contributed by atoms with van der Waals surface area (Å²) in [5, 5.41) is 6.56. The van der Waals surface area contributed by atoms with Crippen molar-refractivity contribution >= 4 is 5.91 Å². The molecule has 0 atom stereocenters. The van der Waals surface area contributed by atoms with Crippen molar-refractivity contribution in [2.24, 2.45) is 5.73 Å². The molecule has 0 radical (unpaired) electrons. The first-order chi connectivity index (χ1) is 7.51. The second kappa shape index (κ2) is 5.12. The molecule has 90 valence electrons. The molecule has 1 rings (SSSR count). The number of aryl methyl sites for hydroxylation is 1. The van der Waals surface area contributed by atoms with E-state index in [1.54, 1.807) is 6.07 Å². The molecule has 0 aliphatic carbocycles. The summed E-state index contributed by atoms with van der Waals surface area (Å²) in [4.78, 5) is 11.8. The van der Waals surface area contributed by atoms with Crippen LogP contribution in [0.25, 0.3) is 0 Å². The number of nitrogens with zero attached hydrogens (tertiary/aromatic N) is 1. The van der Waals surface area contributed by atoms with Crippen molar-refractivity contribution < 1.29 is 9.32 Å². The van der Waals surface area contributed by atoms with Crippen LogP contribution in [0.2, 0.25) is 0 Å². The number of carbonyl (C=O) groups is 1. The van der Waals surface area contributed by atoms with E-state index in [1.165, 1.54) is 0 Å². The molecular weight excluding hydrogens is 206 g/mol. The van der Waals surface area contributed by atoms with Gasteiger partial charge < -0.3 is 15.6 Å². The number of hydrogen-bond acceptors (Lipinski definition) is 4. The average molecular weight is 225 g/mol. The van der Waals surface area contributed by atoms with Gasteiger partial charge in [0, 0.05) is 6.07 Å². The lowest BCUT2D eigenvalue weighted by Gasteiger charge is -2.24. The van der Waals surface area contributed by atoms with Gasteiger partial charge >= 0.3 is 0 Å². The molecule has 0 aromatic carbocycles. The second-order valence-electron chi connectivity index (χ2n) is 3.97. The van der Waals surface area contributed by atoms with E-state index in [-0.39, 0.29) is 5.91 Å². The van der Waals surface area contributed by atoms with Crippen molar-refractivity contribution in [2.45, 2.75) is 45.7 Å². The molecule has 0 saturated carbocycles. The van der Waals surface area contributed by atoms with E-state index in [9.17, 15) is 4.79 Å². The molecule has 5 heteroatoms. The minimum atomic E-state index is -0.779. The molecule has 0 aliphatic heterocycles. The van der Waals surface area contributed by atoms with Gasteiger partial charge in [-0.2, -0.15) is 0 Å². The van der Waals surface area contributed by atoms with E-state index < -0.39 is 5.54 Å². The Hall–Kier alpha value is -1.36. The summed E-state index contributed by atoms with van der Waals surface area (Å²) >= 11 is 0. The SMILES string of the molecule is CCC(N)(CC)C(=O)NCc1cc(C)on1. The van der Waals surface area contributed by atoms with E-state index in [0.29, 0.717) is 25.1 Å². The predicted octanol–water partition coefficient (Wildman–Crippen LogP) is 1.12. The highest BCUT2D eigenvalue weighted by molar-refractivity contribution is 5.85. The first-order valence-electron chi connectivity index (χ1n) is 5.51. The molecular formula is C11H19N3O2. The Labute approximate surface area is 95.4 Å². The largest absolute Gasteiger partial charge is 0.361 e. The topological polar surface area (TPSA) is 81.2 Å². The van der Waals surface area contributed by atoms with Gasteiger partial charge in [0.05, 0.1) is 12.1 Å². The van der Waals surface area contributed by atoms with E-state index in [0.717, 1.165) is 5.76 Å². The van der Waals surface area contributed by atoms with Gasteiger partial charge in [-0.3, -0.25) is 4.79 Å². The second-order valence-corrected chi connectivity index (χ2v) is 3.97. The number of carbonyl (C=O) groups excluding carboxylic acids is 1. The molecule has 1 amide bonds. The maximum Gasteiger partial charge on any atom is 0.240 e. The van der Waals surface area contributed by atoms with Crippen molar-refractivity contribution in [1.29, 1.82) is 0 Å². The Morgan fingerprint density at radius 1 is 1.56 bits per heavy atom. The zero-order valence-electron chi connectivity index (χ0n) is 10.0. The number of nitrogens with one attached hydrogen (secondary N) is 1. The van der Waals surface area contributed by atoms with E-state index in [1.807, 2.05) is 20.8 Å². The zero-order chi connectivity index (χ0) is 12.2. The van der Waals surface area contributed by atoms with Crippen LogP contribution in [0, 0.1) is 6.92 Å². The van der Waals surface area contributed by atoms with Crippen LogP contribution in [0.3, 0.4) is 0 Å². The molecule has 0 saturated heterocycles. The summed E-state index contributed by atoms with van der Waals surface area (Å²) in [7, 11) is 0. The Kier molecular flexibility index (Phi) is 4.06. The first kappa shape index (κ1) is 12.7. The van der Waals surface area contributed by atoms with Gasteiger partial charge in [-0.25, -0.2) is 0 Å². The predicted molar refractivity (Wildman–Crippen MR) is 60.6 cm³/mol. The molecule has 5 nitrogen and oxygen atoms in total. The molecule has 16 heavy (non-hydrogen) atoms. The number of nitrogens with two attached hydrogens (primary N) is 1. The molecule has 0 fully saturated rings. The fraction of sp³-hybridized carbons (Fsp3) is 0.636. The molecule has 1 heterocycles. The van der Waals surface area contributed by atoms with Crippen LogP contribution in [0.4, 0.5) is 0 Å². The minimum absolute atomic E-state index is 0.141. The molecule has 3 N–H and O–H groups in total. The van der Waals surface area contributed by atoms with Crippen LogP contribution in [-0.4, -0.2) is 16.6 Å². The van der Waals surface area contributed by atoms with Crippen molar-refractivity contribution in [3.63, 3.8) is 0 Å². The average Bonchev–Trinajstić information content (AvgIpc) is 2.70. The first-order valence-corrected chi connectivity index (χ1v) is 5.51. The molecule has 0 bridgehead atoms. The highest BCUT2D eigenvalue weighted by atomic mass is 16.5. The third-order valence-corrected chi connectivity index (χ3v) is 2.82. The summed E-state index contributed by atoms with van der Waals surface area (Å²) < 4.78 is 4.90. The van der Waals surface area contributed by atoms with Crippen molar-refractivity contribution in [2.75, 3.05) is 0 Å². The molecule has 1 aromatic heterocycles. The lowest BCUT2D eigenvalue weighted by atomic mass is 9.93. The number of rotatable bonds is 5. The van der Waals surface area contributed by atoms with Gasteiger partial charge in [0.15, 0.2) is 0 Å². The van der Waals surface area contributed by atoms with Gasteiger partial charge in [-0.05, 0) is 19.8 Å². The van der Waals surface area contributed by atoms with Crippen LogP contribution < -0.4 is 11.1 Å². The Bertz CT molecular complexity index is 356. The maximum atomic E-state index is 11.8. The smallest absolute Gasteiger partial charge is 0.240 e. The Morgan fingerprint density at radius 2 is 2.19 bits per heavy atom. The van der Waals surface area contributed by atoms with E-state index in [2.05, 4.69) is 10.5 Å². The van der Waals surface area contributed by atoms with Gasteiger partial charge in [0.2, 0.25) is 5.91 Å². The molecule has 0 unspecified atom stereocenters. The highest BCUT2D eigenvalue weighted by Crippen LogP contribution is 2.11. The number of aromatic nitrogens is 1. The van der Waals surface area contributed by atoms with Gasteiger partial charge in [0.1, 0.15) is 11.5 Å². The summed E-state index contributed by atoms with van der Waals surface area (Å²) in [6.07, 6.45) is 1.24.